The van der Waals surface area contributed by atoms with E-state index in [0.29, 0.717) is 23.0 Å². The minimum Gasteiger partial charge on any atom is -0.497 e. The molecule has 1 atom stereocenters. The summed E-state index contributed by atoms with van der Waals surface area (Å²) >= 11 is 6.02. The first kappa shape index (κ1) is 26.6. The number of carbonyl (C=O) groups excluding carboxylic acids is 1. The fraction of sp³-hybridized carbons (Fsp3) is 0.296. The SMILES string of the molecule is COc1ccc([C@@H](CC(C)C)NC(=O)CN(c2ccc(Cl)cc2)S(=O)(=O)c2ccc(C)cc2)cc1. The van der Waals surface area contributed by atoms with E-state index < -0.39 is 15.9 Å². The highest BCUT2D eigenvalue weighted by molar-refractivity contribution is 7.92. The van der Waals surface area contributed by atoms with E-state index in [-0.39, 0.29) is 17.5 Å². The molecule has 0 aliphatic heterocycles. The monoisotopic (exact) mass is 514 g/mol. The average Bonchev–Trinajstić information content (AvgIpc) is 2.83. The van der Waals surface area contributed by atoms with Crippen molar-refractivity contribution in [3.63, 3.8) is 0 Å². The minimum absolute atomic E-state index is 0.111. The quantitative estimate of drug-likeness (QED) is 0.373. The largest absolute Gasteiger partial charge is 0.497 e. The Balaban J connectivity index is 1.91. The number of methoxy groups -OCH3 is 1. The van der Waals surface area contributed by atoms with Crippen LogP contribution in [0.5, 0.6) is 5.75 Å². The highest BCUT2D eigenvalue weighted by atomic mass is 35.5. The first-order valence-corrected chi connectivity index (χ1v) is 13.2. The van der Waals surface area contributed by atoms with Gasteiger partial charge in [0.25, 0.3) is 10.0 Å². The smallest absolute Gasteiger partial charge is 0.264 e. The predicted octanol–water partition coefficient (Wildman–Crippen LogP) is 5.76. The number of hydrogen-bond acceptors (Lipinski definition) is 4. The first-order chi connectivity index (χ1) is 16.6. The molecule has 0 aliphatic carbocycles. The molecule has 6 nitrogen and oxygen atoms in total. The maximum absolute atomic E-state index is 13.6. The average molecular weight is 515 g/mol. The Bertz CT molecular complexity index is 1230. The van der Waals surface area contributed by atoms with Gasteiger partial charge in [-0.2, -0.15) is 0 Å². The molecule has 0 saturated carbocycles. The van der Waals surface area contributed by atoms with Crippen molar-refractivity contribution in [2.75, 3.05) is 18.0 Å². The van der Waals surface area contributed by atoms with Gasteiger partial charge in [0.05, 0.1) is 23.7 Å². The van der Waals surface area contributed by atoms with Crippen molar-refractivity contribution in [3.05, 3.63) is 88.9 Å². The van der Waals surface area contributed by atoms with Crippen molar-refractivity contribution in [3.8, 4) is 5.75 Å². The normalized spacial score (nSPS) is 12.3. The molecule has 1 amide bonds. The number of halogens is 1. The van der Waals surface area contributed by atoms with E-state index in [9.17, 15) is 13.2 Å². The third-order valence-corrected chi connectivity index (χ3v) is 7.61. The maximum Gasteiger partial charge on any atom is 0.264 e. The molecule has 1 N–H and O–H groups in total. The van der Waals surface area contributed by atoms with Crippen LogP contribution in [-0.2, 0) is 14.8 Å². The van der Waals surface area contributed by atoms with Crippen molar-refractivity contribution in [1.82, 2.24) is 5.32 Å². The lowest BCUT2D eigenvalue weighted by Crippen LogP contribution is -2.42. The van der Waals surface area contributed by atoms with Gasteiger partial charge in [-0.25, -0.2) is 8.42 Å². The second kappa shape index (κ2) is 11.6. The van der Waals surface area contributed by atoms with Gasteiger partial charge in [-0.3, -0.25) is 9.10 Å². The van der Waals surface area contributed by atoms with E-state index in [4.69, 9.17) is 16.3 Å². The summed E-state index contributed by atoms with van der Waals surface area (Å²) in [5.74, 6) is 0.629. The lowest BCUT2D eigenvalue weighted by atomic mass is 9.97. The lowest BCUT2D eigenvalue weighted by molar-refractivity contribution is -0.120. The molecule has 0 heterocycles. The van der Waals surface area contributed by atoms with Gasteiger partial charge in [0.2, 0.25) is 5.91 Å². The van der Waals surface area contributed by atoms with E-state index in [0.717, 1.165) is 21.2 Å². The van der Waals surface area contributed by atoms with Crippen molar-refractivity contribution in [1.29, 1.82) is 0 Å². The fourth-order valence-electron chi connectivity index (χ4n) is 3.72. The number of anilines is 1. The van der Waals surface area contributed by atoms with E-state index >= 15 is 0 Å². The van der Waals surface area contributed by atoms with Gasteiger partial charge in [0.15, 0.2) is 0 Å². The molecule has 8 heteroatoms. The number of sulfonamides is 1. The third-order valence-electron chi connectivity index (χ3n) is 5.57. The van der Waals surface area contributed by atoms with Gasteiger partial charge in [-0.05, 0) is 73.4 Å². The van der Waals surface area contributed by atoms with E-state index in [2.05, 4.69) is 19.2 Å². The zero-order chi connectivity index (χ0) is 25.6. The summed E-state index contributed by atoms with van der Waals surface area (Å²) in [5, 5.41) is 3.51. The molecule has 0 radical (unpaired) electrons. The van der Waals surface area contributed by atoms with Crippen LogP contribution in [0.15, 0.2) is 77.7 Å². The molecule has 35 heavy (non-hydrogen) atoms. The van der Waals surface area contributed by atoms with Crippen LogP contribution >= 0.6 is 11.6 Å². The van der Waals surface area contributed by atoms with Crippen molar-refractivity contribution < 1.29 is 17.9 Å². The van der Waals surface area contributed by atoms with E-state index in [1.807, 2.05) is 31.2 Å². The molecular weight excluding hydrogens is 484 g/mol. The van der Waals surface area contributed by atoms with Gasteiger partial charge in [0, 0.05) is 5.02 Å². The van der Waals surface area contributed by atoms with Crippen LogP contribution in [0.3, 0.4) is 0 Å². The predicted molar refractivity (Wildman–Crippen MR) is 140 cm³/mol. The number of amides is 1. The molecule has 0 spiro atoms. The lowest BCUT2D eigenvalue weighted by Gasteiger charge is -2.27. The topological polar surface area (TPSA) is 75.7 Å². The molecule has 186 valence electrons. The number of carbonyl (C=O) groups is 1. The summed E-state index contributed by atoms with van der Waals surface area (Å²) < 4.78 is 33.5. The number of ether oxygens (including phenoxy) is 1. The Hall–Kier alpha value is -3.03. The highest BCUT2D eigenvalue weighted by Crippen LogP contribution is 2.27. The Morgan fingerprint density at radius 3 is 2.11 bits per heavy atom. The molecule has 3 aromatic rings. The molecule has 0 fully saturated rings. The van der Waals surface area contributed by atoms with Crippen molar-refractivity contribution in [2.45, 2.75) is 38.1 Å². The number of rotatable bonds is 10. The molecular formula is C27H31ClN2O4S. The summed E-state index contributed by atoms with van der Waals surface area (Å²) in [6, 6.07) is 20.2. The summed E-state index contributed by atoms with van der Waals surface area (Å²) in [5.41, 5.74) is 2.22. The Kier molecular flexibility index (Phi) is 8.81. The van der Waals surface area contributed by atoms with Crippen molar-refractivity contribution >= 4 is 33.2 Å². The summed E-state index contributed by atoms with van der Waals surface area (Å²) in [6.07, 6.45) is 0.698. The fourth-order valence-corrected chi connectivity index (χ4v) is 5.26. The molecule has 0 bridgehead atoms. The number of nitrogens with one attached hydrogen (secondary N) is 1. The zero-order valence-electron chi connectivity index (χ0n) is 20.4. The van der Waals surface area contributed by atoms with Crippen LogP contribution < -0.4 is 14.4 Å². The minimum atomic E-state index is -4.00. The zero-order valence-corrected chi connectivity index (χ0v) is 21.9. The number of hydrogen-bond donors (Lipinski definition) is 1. The summed E-state index contributed by atoms with van der Waals surface area (Å²) in [4.78, 5) is 13.4. The maximum atomic E-state index is 13.6. The van der Waals surface area contributed by atoms with Gasteiger partial charge >= 0.3 is 0 Å². The summed E-state index contributed by atoms with van der Waals surface area (Å²) in [6.45, 7) is 5.66. The molecule has 0 unspecified atom stereocenters. The Labute approximate surface area is 212 Å². The van der Waals surface area contributed by atoms with Crippen LogP contribution in [-0.4, -0.2) is 28.0 Å². The first-order valence-electron chi connectivity index (χ1n) is 11.4. The van der Waals surface area contributed by atoms with Crippen molar-refractivity contribution in [2.24, 2.45) is 5.92 Å². The molecule has 3 rings (SSSR count). The van der Waals surface area contributed by atoms with Crippen LogP contribution in [0.2, 0.25) is 5.02 Å². The molecule has 0 aromatic heterocycles. The molecule has 3 aromatic carbocycles. The van der Waals surface area contributed by atoms with E-state index in [1.54, 1.807) is 55.6 Å². The number of benzene rings is 3. The second-order valence-corrected chi connectivity index (χ2v) is 11.1. The van der Waals surface area contributed by atoms with Gasteiger partial charge in [-0.15, -0.1) is 0 Å². The molecule has 0 saturated heterocycles. The van der Waals surface area contributed by atoms with E-state index in [1.165, 1.54) is 0 Å². The number of aryl methyl sites for hydroxylation is 1. The van der Waals surface area contributed by atoms with Gasteiger partial charge < -0.3 is 10.1 Å². The Morgan fingerprint density at radius 1 is 0.971 bits per heavy atom. The number of nitrogens with zero attached hydrogens (tertiary/aromatic N) is 1. The molecule has 0 aliphatic rings. The summed E-state index contributed by atoms with van der Waals surface area (Å²) in [7, 11) is -2.40. The second-order valence-electron chi connectivity index (χ2n) is 8.82. The van der Waals surface area contributed by atoms with Crippen LogP contribution in [0.25, 0.3) is 0 Å². The van der Waals surface area contributed by atoms with Crippen LogP contribution in [0.4, 0.5) is 5.69 Å². The van der Waals surface area contributed by atoms with Crippen LogP contribution in [0, 0.1) is 12.8 Å². The highest BCUT2D eigenvalue weighted by Gasteiger charge is 2.28. The Morgan fingerprint density at radius 2 is 1.57 bits per heavy atom. The standard InChI is InChI=1S/C27H31ClN2O4S/c1-19(2)17-26(21-7-13-24(34-4)14-8-21)29-27(31)18-30(23-11-9-22(28)10-12-23)35(32,33)25-15-5-20(3)6-16-25/h5-16,19,26H,17-18H2,1-4H3,(H,29,31)/t26-/m1/s1. The third kappa shape index (κ3) is 6.99. The van der Waals surface area contributed by atoms with Crippen LogP contribution in [0.1, 0.15) is 37.4 Å². The van der Waals surface area contributed by atoms with Gasteiger partial charge in [0.1, 0.15) is 12.3 Å². The van der Waals surface area contributed by atoms with Gasteiger partial charge in [-0.1, -0.05) is 55.3 Å².